The van der Waals surface area contributed by atoms with Gasteiger partial charge in [-0.25, -0.2) is 4.98 Å². The summed E-state index contributed by atoms with van der Waals surface area (Å²) in [5.74, 6) is 1.51. The molecule has 0 aliphatic heterocycles. The molecule has 8 nitrogen and oxygen atoms in total. The Morgan fingerprint density at radius 2 is 2.10 bits per heavy atom. The lowest BCUT2D eigenvalue weighted by Gasteiger charge is -2.40. The third-order valence-electron chi connectivity index (χ3n) is 3.74. The summed E-state index contributed by atoms with van der Waals surface area (Å²) in [5, 5.41) is 10.3. The molecule has 0 unspecified atom stereocenters. The second kappa shape index (κ2) is 5.84. The first-order valence-electron chi connectivity index (χ1n) is 6.82. The van der Waals surface area contributed by atoms with Crippen LogP contribution in [0.1, 0.15) is 19.3 Å². The van der Waals surface area contributed by atoms with Crippen LogP contribution >= 0.6 is 11.8 Å². The molecule has 0 atom stereocenters. The molecule has 1 saturated carbocycles. The first-order valence-corrected chi connectivity index (χ1v) is 8.05. The fraction of sp³-hybridized carbons (Fsp3) is 0.583. The highest BCUT2D eigenvalue weighted by Gasteiger charge is 2.36. The molecular weight excluding hydrogens is 288 g/mol. The molecule has 9 heteroatoms. The van der Waals surface area contributed by atoms with Crippen molar-refractivity contribution in [1.29, 1.82) is 0 Å². The van der Waals surface area contributed by atoms with Crippen LogP contribution < -0.4 is 10.6 Å². The van der Waals surface area contributed by atoms with Gasteiger partial charge in [-0.1, -0.05) is 6.42 Å². The maximum Gasteiger partial charge on any atom is 0.258 e. The SMILES string of the molecule is CNc1nc(NCC2(SC)CCC2)nc(-n2cncn2)n1. The van der Waals surface area contributed by atoms with Crippen LogP contribution in [0.4, 0.5) is 11.9 Å². The fourth-order valence-corrected chi connectivity index (χ4v) is 3.15. The van der Waals surface area contributed by atoms with Gasteiger partial charge in [0.25, 0.3) is 5.95 Å². The van der Waals surface area contributed by atoms with Crippen molar-refractivity contribution < 1.29 is 0 Å². The molecule has 112 valence electrons. The van der Waals surface area contributed by atoms with Crippen LogP contribution in [0, 0.1) is 0 Å². The average Bonchev–Trinajstić information content (AvgIpc) is 3.00. The molecule has 2 aromatic heterocycles. The van der Waals surface area contributed by atoms with Crippen LogP contribution in [0.3, 0.4) is 0 Å². The Kier molecular flexibility index (Phi) is 3.91. The first kappa shape index (κ1) is 14.1. The molecule has 2 N–H and O–H groups in total. The molecule has 21 heavy (non-hydrogen) atoms. The Hall–Kier alpha value is -1.90. The van der Waals surface area contributed by atoms with Gasteiger partial charge in [-0.05, 0) is 19.1 Å². The Balaban J connectivity index is 1.79. The Labute approximate surface area is 127 Å². The molecule has 2 heterocycles. The molecule has 3 rings (SSSR count). The predicted molar refractivity (Wildman–Crippen MR) is 82.9 cm³/mol. The van der Waals surface area contributed by atoms with Gasteiger partial charge in [0.1, 0.15) is 12.7 Å². The van der Waals surface area contributed by atoms with E-state index < -0.39 is 0 Å². The molecule has 1 aliphatic carbocycles. The van der Waals surface area contributed by atoms with E-state index in [4.69, 9.17) is 0 Å². The summed E-state index contributed by atoms with van der Waals surface area (Å²) in [7, 11) is 1.78. The summed E-state index contributed by atoms with van der Waals surface area (Å²) in [5.41, 5.74) is 0. The minimum atomic E-state index is 0.319. The van der Waals surface area contributed by atoms with E-state index in [1.807, 2.05) is 11.8 Å². The van der Waals surface area contributed by atoms with Crippen molar-refractivity contribution in [3.8, 4) is 5.95 Å². The lowest BCUT2D eigenvalue weighted by atomic mass is 9.84. The second-order valence-electron chi connectivity index (χ2n) is 4.97. The van der Waals surface area contributed by atoms with Gasteiger partial charge in [-0.3, -0.25) is 0 Å². The van der Waals surface area contributed by atoms with E-state index in [0.717, 1.165) is 6.54 Å². The molecule has 0 bridgehead atoms. The predicted octanol–water partition coefficient (Wildman–Crippen LogP) is 1.19. The summed E-state index contributed by atoms with van der Waals surface area (Å²) >= 11 is 1.91. The summed E-state index contributed by atoms with van der Waals surface area (Å²) in [6.45, 7) is 0.859. The second-order valence-corrected chi connectivity index (χ2v) is 6.24. The third kappa shape index (κ3) is 2.92. The van der Waals surface area contributed by atoms with E-state index in [1.165, 1.54) is 30.3 Å². The monoisotopic (exact) mass is 306 g/mol. The van der Waals surface area contributed by atoms with Crippen molar-refractivity contribution in [1.82, 2.24) is 29.7 Å². The summed E-state index contributed by atoms with van der Waals surface area (Å²) in [6, 6.07) is 0. The standard InChI is InChI=1S/C12H18N8S/c1-13-9-17-10(15-6-12(21-2)4-3-5-12)19-11(18-9)20-8-14-7-16-20/h7-8H,3-6H2,1-2H3,(H2,13,15,17,18,19). The zero-order valence-corrected chi connectivity index (χ0v) is 12.9. The van der Waals surface area contributed by atoms with Gasteiger partial charge in [0.05, 0.1) is 0 Å². The maximum atomic E-state index is 4.40. The highest BCUT2D eigenvalue weighted by molar-refractivity contribution is 8.00. The van der Waals surface area contributed by atoms with Crippen molar-refractivity contribution in [3.05, 3.63) is 12.7 Å². The molecule has 0 radical (unpaired) electrons. The molecule has 0 saturated heterocycles. The molecule has 0 spiro atoms. The number of hydrogen-bond acceptors (Lipinski definition) is 8. The van der Waals surface area contributed by atoms with Crippen molar-refractivity contribution in [2.75, 3.05) is 30.5 Å². The fourth-order valence-electron chi connectivity index (χ4n) is 2.23. The van der Waals surface area contributed by atoms with Crippen molar-refractivity contribution in [3.63, 3.8) is 0 Å². The quantitative estimate of drug-likeness (QED) is 0.822. The number of thioether (sulfide) groups is 1. The Bertz CT molecular complexity index is 590. The van der Waals surface area contributed by atoms with Crippen LogP contribution in [0.15, 0.2) is 12.7 Å². The van der Waals surface area contributed by atoms with Crippen molar-refractivity contribution in [2.45, 2.75) is 24.0 Å². The highest BCUT2D eigenvalue weighted by atomic mass is 32.2. The molecule has 2 aromatic rings. The third-order valence-corrected chi connectivity index (χ3v) is 5.16. The zero-order valence-electron chi connectivity index (χ0n) is 12.1. The van der Waals surface area contributed by atoms with Crippen molar-refractivity contribution >= 4 is 23.7 Å². The average molecular weight is 306 g/mol. The minimum absolute atomic E-state index is 0.319. The van der Waals surface area contributed by atoms with E-state index in [9.17, 15) is 0 Å². The number of anilines is 2. The summed E-state index contributed by atoms with van der Waals surface area (Å²) < 4.78 is 1.83. The van der Waals surface area contributed by atoms with Crippen LogP contribution in [0.5, 0.6) is 0 Å². The number of nitrogens with zero attached hydrogens (tertiary/aromatic N) is 6. The van der Waals surface area contributed by atoms with Gasteiger partial charge in [0, 0.05) is 18.3 Å². The van der Waals surface area contributed by atoms with Crippen LogP contribution in [-0.4, -0.2) is 54.3 Å². The molecule has 0 amide bonds. The van der Waals surface area contributed by atoms with Crippen LogP contribution in [0.25, 0.3) is 5.95 Å². The van der Waals surface area contributed by atoms with Gasteiger partial charge in [-0.2, -0.15) is 36.5 Å². The van der Waals surface area contributed by atoms with E-state index in [1.54, 1.807) is 13.4 Å². The van der Waals surface area contributed by atoms with Gasteiger partial charge >= 0.3 is 0 Å². The van der Waals surface area contributed by atoms with E-state index in [-0.39, 0.29) is 0 Å². The summed E-state index contributed by atoms with van der Waals surface area (Å²) in [6.07, 6.45) is 8.95. The van der Waals surface area contributed by atoms with E-state index in [0.29, 0.717) is 22.6 Å². The molecule has 0 aromatic carbocycles. The number of rotatable bonds is 6. The molecule has 1 aliphatic rings. The lowest BCUT2D eigenvalue weighted by Crippen LogP contribution is -2.40. The summed E-state index contributed by atoms with van der Waals surface area (Å²) in [4.78, 5) is 16.9. The smallest absolute Gasteiger partial charge is 0.258 e. The maximum absolute atomic E-state index is 4.40. The Morgan fingerprint density at radius 1 is 1.29 bits per heavy atom. The lowest BCUT2D eigenvalue weighted by molar-refractivity contribution is 0.379. The first-order chi connectivity index (χ1) is 10.2. The normalized spacial score (nSPS) is 16.3. The Morgan fingerprint density at radius 3 is 2.67 bits per heavy atom. The zero-order chi connectivity index (χ0) is 14.7. The van der Waals surface area contributed by atoms with Gasteiger partial charge in [-0.15, -0.1) is 0 Å². The largest absolute Gasteiger partial charge is 0.357 e. The van der Waals surface area contributed by atoms with Crippen LogP contribution in [-0.2, 0) is 0 Å². The van der Waals surface area contributed by atoms with Gasteiger partial charge in [0.2, 0.25) is 11.9 Å². The number of nitrogens with one attached hydrogen (secondary N) is 2. The number of hydrogen-bond donors (Lipinski definition) is 2. The van der Waals surface area contributed by atoms with Gasteiger partial charge in [0.15, 0.2) is 0 Å². The van der Waals surface area contributed by atoms with Crippen LogP contribution in [0.2, 0.25) is 0 Å². The van der Waals surface area contributed by atoms with Gasteiger partial charge < -0.3 is 10.6 Å². The van der Waals surface area contributed by atoms with E-state index in [2.05, 4.69) is 41.9 Å². The minimum Gasteiger partial charge on any atom is -0.357 e. The van der Waals surface area contributed by atoms with Crippen molar-refractivity contribution in [2.24, 2.45) is 0 Å². The topological polar surface area (TPSA) is 93.4 Å². The molecular formula is C12H18N8S. The molecule has 1 fully saturated rings. The highest BCUT2D eigenvalue weighted by Crippen LogP contribution is 2.42. The number of aromatic nitrogens is 6. The van der Waals surface area contributed by atoms with E-state index >= 15 is 0 Å².